The number of rotatable bonds is 4. The minimum absolute atomic E-state index is 0.198. The number of hydrogen-bond donors (Lipinski definition) is 1. The highest BCUT2D eigenvalue weighted by atomic mass is 15.2. The van der Waals surface area contributed by atoms with Crippen LogP contribution >= 0.6 is 0 Å². The lowest BCUT2D eigenvalue weighted by molar-refractivity contribution is -0.0000931. The largest absolute Gasteiger partial charge is 0.329 e. The van der Waals surface area contributed by atoms with Gasteiger partial charge < -0.3 is 5.73 Å². The maximum Gasteiger partial charge on any atom is 0.0357 e. The van der Waals surface area contributed by atoms with Gasteiger partial charge in [-0.1, -0.05) is 26.7 Å². The predicted octanol–water partition coefficient (Wildman–Crippen LogP) is 3.01. The summed E-state index contributed by atoms with van der Waals surface area (Å²) in [5.41, 5.74) is 6.81. The van der Waals surface area contributed by atoms with Gasteiger partial charge >= 0.3 is 0 Å². The first-order valence-corrected chi connectivity index (χ1v) is 7.38. The maximum absolute atomic E-state index is 6.14. The van der Waals surface area contributed by atoms with Gasteiger partial charge in [-0.05, 0) is 51.0 Å². The molecule has 0 aliphatic heterocycles. The molecule has 2 nitrogen and oxygen atoms in total. The Hall–Kier alpha value is -0.0800. The van der Waals surface area contributed by atoms with E-state index in [4.69, 9.17) is 5.73 Å². The Kier molecular flexibility index (Phi) is 3.57. The van der Waals surface area contributed by atoms with Crippen LogP contribution < -0.4 is 5.73 Å². The third-order valence-electron chi connectivity index (χ3n) is 6.04. The highest BCUT2D eigenvalue weighted by molar-refractivity contribution is 5.10. The SMILES string of the molecule is CC1CCCCC1N(C)C(C)(CN)C1(C)CC1. The van der Waals surface area contributed by atoms with E-state index in [1.54, 1.807) is 0 Å². The minimum Gasteiger partial charge on any atom is -0.329 e. The summed E-state index contributed by atoms with van der Waals surface area (Å²) in [6.07, 6.45) is 8.28. The van der Waals surface area contributed by atoms with Crippen molar-refractivity contribution >= 4 is 0 Å². The van der Waals surface area contributed by atoms with Crippen molar-refractivity contribution in [2.24, 2.45) is 17.1 Å². The van der Waals surface area contributed by atoms with Gasteiger partial charge in [0, 0.05) is 18.1 Å². The molecule has 2 heteroatoms. The van der Waals surface area contributed by atoms with Gasteiger partial charge in [-0.25, -0.2) is 0 Å². The van der Waals surface area contributed by atoms with E-state index in [-0.39, 0.29) is 5.54 Å². The normalized spacial score (nSPS) is 35.6. The van der Waals surface area contributed by atoms with Crippen molar-refractivity contribution in [1.82, 2.24) is 4.90 Å². The van der Waals surface area contributed by atoms with Crippen LogP contribution in [0.25, 0.3) is 0 Å². The van der Waals surface area contributed by atoms with Crippen molar-refractivity contribution in [2.75, 3.05) is 13.6 Å². The monoisotopic (exact) mass is 238 g/mol. The highest BCUT2D eigenvalue weighted by Gasteiger charge is 2.55. The van der Waals surface area contributed by atoms with E-state index < -0.39 is 0 Å². The standard InChI is InChI=1S/C15H30N2/c1-12-7-5-6-8-13(12)17(4)15(3,11-16)14(2)9-10-14/h12-13H,5-11,16H2,1-4H3. The zero-order chi connectivity index (χ0) is 12.7. The smallest absolute Gasteiger partial charge is 0.0357 e. The van der Waals surface area contributed by atoms with Gasteiger partial charge in [0.25, 0.3) is 0 Å². The third kappa shape index (κ3) is 2.15. The van der Waals surface area contributed by atoms with E-state index in [0.29, 0.717) is 5.41 Å². The number of hydrogen-bond acceptors (Lipinski definition) is 2. The van der Waals surface area contributed by atoms with E-state index >= 15 is 0 Å². The minimum atomic E-state index is 0.198. The summed E-state index contributed by atoms with van der Waals surface area (Å²) >= 11 is 0. The molecule has 3 atom stereocenters. The zero-order valence-electron chi connectivity index (χ0n) is 12.1. The Morgan fingerprint density at radius 3 is 2.35 bits per heavy atom. The van der Waals surface area contributed by atoms with Crippen LogP contribution in [0.15, 0.2) is 0 Å². The second-order valence-corrected chi connectivity index (χ2v) is 6.98. The van der Waals surface area contributed by atoms with Crippen LogP contribution in [0, 0.1) is 11.3 Å². The summed E-state index contributed by atoms with van der Waals surface area (Å²) in [4.78, 5) is 2.64. The molecule has 17 heavy (non-hydrogen) atoms. The van der Waals surface area contributed by atoms with Gasteiger partial charge in [-0.2, -0.15) is 0 Å². The van der Waals surface area contributed by atoms with Crippen LogP contribution in [0.3, 0.4) is 0 Å². The molecule has 0 amide bonds. The quantitative estimate of drug-likeness (QED) is 0.816. The van der Waals surface area contributed by atoms with Gasteiger partial charge in [-0.3, -0.25) is 4.90 Å². The van der Waals surface area contributed by atoms with Gasteiger partial charge in [0.1, 0.15) is 0 Å². The average molecular weight is 238 g/mol. The summed E-state index contributed by atoms with van der Waals surface area (Å²) < 4.78 is 0. The Morgan fingerprint density at radius 2 is 1.88 bits per heavy atom. The Morgan fingerprint density at radius 1 is 1.29 bits per heavy atom. The Labute approximate surface area is 107 Å². The number of nitrogens with two attached hydrogens (primary N) is 1. The fourth-order valence-electron chi connectivity index (χ4n) is 3.78. The average Bonchev–Trinajstić information content (AvgIpc) is 3.07. The summed E-state index contributed by atoms with van der Waals surface area (Å²) in [5, 5.41) is 0. The summed E-state index contributed by atoms with van der Waals surface area (Å²) in [7, 11) is 2.32. The molecule has 0 radical (unpaired) electrons. The molecule has 2 aliphatic rings. The molecule has 2 N–H and O–H groups in total. The molecular weight excluding hydrogens is 208 g/mol. The molecular formula is C15H30N2. The van der Waals surface area contributed by atoms with Gasteiger partial charge in [0.15, 0.2) is 0 Å². The van der Waals surface area contributed by atoms with Crippen LogP contribution in [0.4, 0.5) is 0 Å². The van der Waals surface area contributed by atoms with E-state index in [9.17, 15) is 0 Å². The number of likely N-dealkylation sites (N-methyl/N-ethyl adjacent to an activating group) is 1. The van der Waals surface area contributed by atoms with Gasteiger partial charge in [0.05, 0.1) is 0 Å². The first kappa shape index (κ1) is 13.4. The van der Waals surface area contributed by atoms with Crippen molar-refractivity contribution in [1.29, 1.82) is 0 Å². The molecule has 2 aliphatic carbocycles. The molecule has 0 spiro atoms. The van der Waals surface area contributed by atoms with Crippen molar-refractivity contribution in [3.63, 3.8) is 0 Å². The zero-order valence-corrected chi connectivity index (χ0v) is 12.1. The van der Waals surface area contributed by atoms with Crippen LogP contribution in [-0.2, 0) is 0 Å². The van der Waals surface area contributed by atoms with Crippen LogP contribution in [0.5, 0.6) is 0 Å². The fourth-order valence-corrected chi connectivity index (χ4v) is 3.78. The van der Waals surface area contributed by atoms with Crippen molar-refractivity contribution in [2.45, 2.75) is 70.9 Å². The first-order chi connectivity index (χ1) is 7.94. The number of nitrogens with zero attached hydrogens (tertiary/aromatic N) is 1. The topological polar surface area (TPSA) is 29.3 Å². The van der Waals surface area contributed by atoms with E-state index in [1.165, 1.54) is 38.5 Å². The molecule has 0 aromatic rings. The van der Waals surface area contributed by atoms with E-state index in [0.717, 1.165) is 18.5 Å². The lowest BCUT2D eigenvalue weighted by Gasteiger charge is -2.50. The summed E-state index contributed by atoms with van der Waals surface area (Å²) in [5.74, 6) is 0.835. The summed E-state index contributed by atoms with van der Waals surface area (Å²) in [6, 6.07) is 0.745. The molecule has 2 fully saturated rings. The molecule has 2 rings (SSSR count). The molecule has 2 saturated carbocycles. The third-order valence-corrected chi connectivity index (χ3v) is 6.04. The molecule has 100 valence electrons. The highest BCUT2D eigenvalue weighted by Crippen LogP contribution is 2.56. The second-order valence-electron chi connectivity index (χ2n) is 6.98. The predicted molar refractivity (Wildman–Crippen MR) is 74.0 cm³/mol. The molecule has 0 bridgehead atoms. The van der Waals surface area contributed by atoms with Crippen molar-refractivity contribution < 1.29 is 0 Å². The molecule has 0 aromatic heterocycles. The van der Waals surface area contributed by atoms with Gasteiger partial charge in [0.2, 0.25) is 0 Å². The molecule has 0 saturated heterocycles. The Bertz CT molecular complexity index is 272. The second kappa shape index (κ2) is 4.55. The lowest BCUT2D eigenvalue weighted by atomic mass is 9.77. The van der Waals surface area contributed by atoms with Crippen LogP contribution in [0.1, 0.15) is 59.3 Å². The molecule has 3 unspecified atom stereocenters. The van der Waals surface area contributed by atoms with Crippen LogP contribution in [-0.4, -0.2) is 30.1 Å². The fraction of sp³-hybridized carbons (Fsp3) is 1.00. The maximum atomic E-state index is 6.14. The van der Waals surface area contributed by atoms with Crippen molar-refractivity contribution in [3.8, 4) is 0 Å². The van der Waals surface area contributed by atoms with E-state index in [1.807, 2.05) is 0 Å². The summed E-state index contributed by atoms with van der Waals surface area (Å²) in [6.45, 7) is 8.03. The first-order valence-electron chi connectivity index (χ1n) is 7.38. The molecule has 0 heterocycles. The van der Waals surface area contributed by atoms with Crippen LogP contribution in [0.2, 0.25) is 0 Å². The lowest BCUT2D eigenvalue weighted by Crippen LogP contribution is -2.60. The van der Waals surface area contributed by atoms with Gasteiger partial charge in [-0.15, -0.1) is 0 Å². The molecule has 0 aromatic carbocycles. The Balaban J connectivity index is 2.13. The van der Waals surface area contributed by atoms with E-state index in [2.05, 4.69) is 32.7 Å². The van der Waals surface area contributed by atoms with Crippen molar-refractivity contribution in [3.05, 3.63) is 0 Å².